The summed E-state index contributed by atoms with van der Waals surface area (Å²) in [5.74, 6) is -3.09. The molecule has 12 heteroatoms. The lowest BCUT2D eigenvalue weighted by Crippen LogP contribution is -2.54. The van der Waals surface area contributed by atoms with Crippen molar-refractivity contribution in [1.82, 2.24) is 10.2 Å². The molecule has 3 aromatic carbocycles. The van der Waals surface area contributed by atoms with Gasteiger partial charge >= 0.3 is 0 Å². The maximum absolute atomic E-state index is 13.9. The van der Waals surface area contributed by atoms with Crippen LogP contribution in [0.4, 0.5) is 14.5 Å². The molecule has 1 N–H and O–H groups in total. The van der Waals surface area contributed by atoms with Gasteiger partial charge in [0.1, 0.15) is 6.04 Å². The Balaban J connectivity index is 1.94. The highest BCUT2D eigenvalue weighted by Crippen LogP contribution is 2.26. The van der Waals surface area contributed by atoms with Crippen molar-refractivity contribution in [2.75, 3.05) is 17.1 Å². The largest absolute Gasteiger partial charge is 0.350 e. The molecule has 0 heterocycles. The quantitative estimate of drug-likeness (QED) is 0.246. The summed E-state index contributed by atoms with van der Waals surface area (Å²) < 4.78 is 53.3. The Morgan fingerprint density at radius 3 is 2.21 bits per heavy atom. The first-order valence-corrected chi connectivity index (χ1v) is 16.2. The molecule has 0 bridgehead atoms. The number of sulfonamides is 1. The molecule has 232 valence electrons. The normalized spacial score (nSPS) is 12.5. The van der Waals surface area contributed by atoms with Crippen LogP contribution in [0.1, 0.15) is 44.7 Å². The van der Waals surface area contributed by atoms with Crippen LogP contribution < -0.4 is 9.62 Å². The van der Waals surface area contributed by atoms with Gasteiger partial charge in [0, 0.05) is 47.6 Å². The molecular weight excluding hydrogens is 619 g/mol. The first-order valence-electron chi connectivity index (χ1n) is 13.6. The second-order valence-corrected chi connectivity index (χ2v) is 14.0. The van der Waals surface area contributed by atoms with Crippen molar-refractivity contribution in [1.29, 1.82) is 0 Å². The molecule has 0 saturated heterocycles. The summed E-state index contributed by atoms with van der Waals surface area (Å²) in [5, 5.41) is 3.70. The van der Waals surface area contributed by atoms with Gasteiger partial charge < -0.3 is 10.2 Å². The molecule has 0 spiro atoms. The molecule has 3 aromatic rings. The number of carbonyl (C=O) groups excluding carboxylic acids is 2. The molecule has 0 aliphatic heterocycles. The lowest BCUT2D eigenvalue weighted by atomic mass is 10.00. The Hall–Kier alpha value is -3.21. The number of amides is 2. The topological polar surface area (TPSA) is 86.8 Å². The number of carbonyl (C=O) groups is 2. The highest BCUT2D eigenvalue weighted by molar-refractivity contribution is 7.92. The fraction of sp³-hybridized carbons (Fsp3) is 0.355. The van der Waals surface area contributed by atoms with Crippen molar-refractivity contribution < 1.29 is 26.8 Å². The molecule has 1 atom stereocenters. The summed E-state index contributed by atoms with van der Waals surface area (Å²) >= 11 is 12.5. The van der Waals surface area contributed by atoms with Gasteiger partial charge in [0.15, 0.2) is 11.6 Å². The number of benzene rings is 3. The number of hydrogen-bond acceptors (Lipinski definition) is 4. The molecule has 43 heavy (non-hydrogen) atoms. The lowest BCUT2D eigenvalue weighted by Gasteiger charge is -2.34. The van der Waals surface area contributed by atoms with E-state index in [2.05, 4.69) is 5.32 Å². The van der Waals surface area contributed by atoms with Crippen molar-refractivity contribution in [2.24, 2.45) is 0 Å². The van der Waals surface area contributed by atoms with Crippen LogP contribution in [0.2, 0.25) is 10.0 Å². The van der Waals surface area contributed by atoms with E-state index in [9.17, 15) is 26.8 Å². The van der Waals surface area contributed by atoms with E-state index in [0.29, 0.717) is 15.6 Å². The number of nitrogens with zero attached hydrogens (tertiary/aromatic N) is 2. The van der Waals surface area contributed by atoms with Crippen LogP contribution in [-0.4, -0.2) is 49.5 Å². The Morgan fingerprint density at radius 2 is 1.63 bits per heavy atom. The highest BCUT2D eigenvalue weighted by atomic mass is 35.5. The first-order chi connectivity index (χ1) is 20.0. The van der Waals surface area contributed by atoms with Crippen LogP contribution in [0.15, 0.2) is 66.7 Å². The monoisotopic (exact) mass is 653 g/mol. The molecule has 0 aliphatic rings. The van der Waals surface area contributed by atoms with E-state index in [-0.39, 0.29) is 43.9 Å². The third kappa shape index (κ3) is 10.2. The summed E-state index contributed by atoms with van der Waals surface area (Å²) in [5.41, 5.74) is 0.753. The summed E-state index contributed by atoms with van der Waals surface area (Å²) in [4.78, 5) is 29.0. The summed E-state index contributed by atoms with van der Waals surface area (Å²) in [6.07, 6.45) is 1.05. The van der Waals surface area contributed by atoms with Crippen LogP contribution in [0.3, 0.4) is 0 Å². The van der Waals surface area contributed by atoms with Gasteiger partial charge in [0.25, 0.3) is 0 Å². The molecule has 0 radical (unpaired) electrons. The van der Waals surface area contributed by atoms with Crippen molar-refractivity contribution in [2.45, 2.75) is 58.2 Å². The molecule has 0 fully saturated rings. The third-order valence-electron chi connectivity index (χ3n) is 6.47. The molecule has 0 saturated carbocycles. The van der Waals surface area contributed by atoms with Crippen molar-refractivity contribution in [3.63, 3.8) is 0 Å². The highest BCUT2D eigenvalue weighted by Gasteiger charge is 2.32. The average molecular weight is 655 g/mol. The number of halogens is 4. The summed E-state index contributed by atoms with van der Waals surface area (Å²) in [6, 6.07) is 16.0. The number of hydrogen-bond donors (Lipinski definition) is 1. The molecule has 2 amide bonds. The van der Waals surface area contributed by atoms with Gasteiger partial charge in [-0.05, 0) is 62.6 Å². The summed E-state index contributed by atoms with van der Waals surface area (Å²) in [6.45, 7) is 5.33. The Bertz CT molecular complexity index is 1550. The second-order valence-electron chi connectivity index (χ2n) is 11.2. The minimum atomic E-state index is -3.89. The maximum Gasteiger partial charge on any atom is 0.243 e. The predicted molar refractivity (Wildman–Crippen MR) is 167 cm³/mol. The van der Waals surface area contributed by atoms with Gasteiger partial charge in [-0.25, -0.2) is 17.2 Å². The van der Waals surface area contributed by atoms with Gasteiger partial charge in [-0.1, -0.05) is 59.6 Å². The molecule has 7 nitrogen and oxygen atoms in total. The van der Waals surface area contributed by atoms with E-state index in [1.165, 1.54) is 4.90 Å². The lowest BCUT2D eigenvalue weighted by molar-refractivity contribution is -0.142. The minimum absolute atomic E-state index is 0.0110. The van der Waals surface area contributed by atoms with E-state index >= 15 is 0 Å². The van der Waals surface area contributed by atoms with E-state index < -0.39 is 39.1 Å². The van der Waals surface area contributed by atoms with Crippen LogP contribution in [0, 0.1) is 11.6 Å². The van der Waals surface area contributed by atoms with Crippen molar-refractivity contribution in [3.8, 4) is 0 Å². The first kappa shape index (κ1) is 34.3. The molecule has 0 aromatic heterocycles. The second kappa shape index (κ2) is 14.5. The number of anilines is 1. The van der Waals surface area contributed by atoms with Gasteiger partial charge in [-0.2, -0.15) is 0 Å². The van der Waals surface area contributed by atoms with E-state index in [1.54, 1.807) is 18.2 Å². The fourth-order valence-corrected chi connectivity index (χ4v) is 5.91. The van der Waals surface area contributed by atoms with Gasteiger partial charge in [0.05, 0.1) is 11.9 Å². The Kier molecular flexibility index (Phi) is 11.6. The average Bonchev–Trinajstić information content (AvgIpc) is 2.90. The Labute approximate surface area is 261 Å². The fourth-order valence-electron chi connectivity index (χ4n) is 4.48. The van der Waals surface area contributed by atoms with Crippen LogP contribution in [-0.2, 0) is 32.6 Å². The van der Waals surface area contributed by atoms with Crippen LogP contribution in [0.5, 0.6) is 0 Å². The molecule has 3 rings (SSSR count). The van der Waals surface area contributed by atoms with Gasteiger partial charge in [0.2, 0.25) is 21.8 Å². The zero-order valence-electron chi connectivity index (χ0n) is 24.4. The predicted octanol–water partition coefficient (Wildman–Crippen LogP) is 6.37. The minimum Gasteiger partial charge on any atom is -0.350 e. The van der Waals surface area contributed by atoms with E-state index in [4.69, 9.17) is 23.2 Å². The third-order valence-corrected chi connectivity index (χ3v) is 8.25. The van der Waals surface area contributed by atoms with Crippen molar-refractivity contribution >= 4 is 50.7 Å². The summed E-state index contributed by atoms with van der Waals surface area (Å²) in [7, 11) is -3.89. The molecule has 0 unspecified atom stereocenters. The van der Waals surface area contributed by atoms with Crippen LogP contribution in [0.25, 0.3) is 0 Å². The van der Waals surface area contributed by atoms with E-state index in [1.807, 2.05) is 51.1 Å². The number of nitrogens with one attached hydrogen (secondary N) is 1. The number of rotatable bonds is 12. The standard InChI is InChI=1S/C31H35Cl2F2N3O4S/c1-31(2,3)36-30(40)28(17-21-9-6-5-7-10-21)37(20-22-12-13-23(32)18-25(22)33)29(39)11-8-16-38(43(4,41)42)24-14-15-26(34)27(35)19-24/h5-7,9-10,12-15,18-19,28H,8,11,16-17,20H2,1-4H3,(H,36,40)/t28-/m1/s1. The van der Waals surface area contributed by atoms with Crippen molar-refractivity contribution in [3.05, 3.63) is 99.5 Å². The SMILES string of the molecule is CC(C)(C)NC(=O)[C@@H](Cc1ccccc1)N(Cc1ccc(Cl)cc1Cl)C(=O)CCCN(c1ccc(F)c(F)c1)S(C)(=O)=O. The van der Waals surface area contributed by atoms with Gasteiger partial charge in [-0.3, -0.25) is 13.9 Å². The zero-order chi connectivity index (χ0) is 31.9. The zero-order valence-corrected chi connectivity index (χ0v) is 26.7. The molecular formula is C31H35Cl2F2N3O4S. The smallest absolute Gasteiger partial charge is 0.243 e. The maximum atomic E-state index is 13.9. The van der Waals surface area contributed by atoms with E-state index in [0.717, 1.165) is 34.3 Å². The van der Waals surface area contributed by atoms with Crippen LogP contribution >= 0.6 is 23.2 Å². The molecule has 0 aliphatic carbocycles. The Morgan fingerprint density at radius 1 is 0.953 bits per heavy atom. The van der Waals surface area contributed by atoms with Gasteiger partial charge in [-0.15, -0.1) is 0 Å².